The Bertz CT molecular complexity index is 1540. The van der Waals surface area contributed by atoms with E-state index in [2.05, 4.69) is 10.3 Å². The van der Waals surface area contributed by atoms with E-state index in [9.17, 15) is 14.7 Å². The lowest BCUT2D eigenvalue weighted by atomic mass is 9.96. The largest absolute Gasteiger partial charge is 0.507 e. The smallest absolute Gasteiger partial charge is 0.303 e. The Labute approximate surface area is 212 Å². The van der Waals surface area contributed by atoms with Crippen molar-refractivity contribution < 1.29 is 19.8 Å². The number of fused-ring (bicyclic) bond motifs is 1. The fourth-order valence-corrected chi connectivity index (χ4v) is 4.12. The number of nitrogens with one attached hydrogen (secondary N) is 4. The molecule has 0 fully saturated rings. The minimum Gasteiger partial charge on any atom is -0.507 e. The number of amides is 1. The highest BCUT2D eigenvalue weighted by molar-refractivity contribution is 6.08. The third-order valence-corrected chi connectivity index (χ3v) is 5.94. The van der Waals surface area contributed by atoms with Crippen LogP contribution in [0, 0.1) is 10.8 Å². The van der Waals surface area contributed by atoms with Gasteiger partial charge in [0.1, 0.15) is 17.4 Å². The molecule has 0 spiro atoms. The first-order chi connectivity index (χ1) is 17.6. The Morgan fingerprint density at radius 3 is 2.22 bits per heavy atom. The fourth-order valence-electron chi connectivity index (χ4n) is 4.12. The van der Waals surface area contributed by atoms with Gasteiger partial charge in [-0.15, -0.1) is 0 Å². The van der Waals surface area contributed by atoms with Crippen LogP contribution in [0.25, 0.3) is 33.3 Å². The number of carboxylic acids is 1. The average Bonchev–Trinajstić information content (AvgIpc) is 3.23. The summed E-state index contributed by atoms with van der Waals surface area (Å²) >= 11 is 0. The highest BCUT2D eigenvalue weighted by Gasteiger charge is 2.19. The maximum Gasteiger partial charge on any atom is 0.303 e. The van der Waals surface area contributed by atoms with Crippen LogP contribution in [0.1, 0.15) is 30.4 Å². The number of carbonyl (C=O) groups is 2. The topological polar surface area (TPSA) is 202 Å². The number of hydrogen-bond donors (Lipinski definition) is 8. The van der Waals surface area contributed by atoms with Gasteiger partial charge >= 0.3 is 5.97 Å². The monoisotopic (exact) mass is 498 g/mol. The van der Waals surface area contributed by atoms with Gasteiger partial charge in [-0.05, 0) is 36.2 Å². The zero-order valence-electron chi connectivity index (χ0n) is 19.8. The molecule has 0 radical (unpaired) electrons. The van der Waals surface area contributed by atoms with Crippen molar-refractivity contribution >= 4 is 40.1 Å². The third-order valence-electron chi connectivity index (χ3n) is 5.94. The van der Waals surface area contributed by atoms with Gasteiger partial charge in [0.25, 0.3) is 0 Å². The molecule has 3 aromatic carbocycles. The molecule has 188 valence electrons. The van der Waals surface area contributed by atoms with Gasteiger partial charge in [0.15, 0.2) is 0 Å². The van der Waals surface area contributed by atoms with Crippen molar-refractivity contribution in [3.8, 4) is 28.1 Å². The van der Waals surface area contributed by atoms with Crippen molar-refractivity contribution in [1.82, 2.24) is 4.98 Å². The van der Waals surface area contributed by atoms with Gasteiger partial charge in [0.2, 0.25) is 5.91 Å². The van der Waals surface area contributed by atoms with Crippen LogP contribution in [0.3, 0.4) is 0 Å². The van der Waals surface area contributed by atoms with Crippen molar-refractivity contribution in [2.24, 2.45) is 11.5 Å². The molecule has 0 bridgehead atoms. The number of carbonyl (C=O) groups excluding carboxylic acids is 1. The van der Waals surface area contributed by atoms with Crippen LogP contribution in [0.2, 0.25) is 0 Å². The summed E-state index contributed by atoms with van der Waals surface area (Å²) in [7, 11) is 0. The van der Waals surface area contributed by atoms with Crippen LogP contribution in [-0.2, 0) is 9.59 Å². The zero-order chi connectivity index (χ0) is 26.7. The molecule has 1 aromatic heterocycles. The number of phenols is 1. The normalized spacial score (nSPS) is 10.8. The fraction of sp³-hybridized carbons (Fsp3) is 0.111. The van der Waals surface area contributed by atoms with Crippen molar-refractivity contribution in [2.45, 2.75) is 19.3 Å². The van der Waals surface area contributed by atoms with Gasteiger partial charge in [0.05, 0.1) is 5.69 Å². The SMILES string of the molecule is N=C(N)c1ccc(-c2[nH]c3cc(C(=N)N)ccc3c2-c2cc(NC(=O)CCCC(=O)O)ccc2O)cc1. The predicted molar refractivity (Wildman–Crippen MR) is 143 cm³/mol. The number of H-pyrrole nitrogens is 1. The Balaban J connectivity index is 1.81. The molecule has 37 heavy (non-hydrogen) atoms. The summed E-state index contributed by atoms with van der Waals surface area (Å²) in [6, 6.07) is 17.0. The van der Waals surface area contributed by atoms with E-state index in [1.807, 2.05) is 18.2 Å². The number of carboxylic acid groups (broad SMARTS) is 1. The number of aromatic nitrogens is 1. The number of hydrogen-bond acceptors (Lipinski definition) is 5. The van der Waals surface area contributed by atoms with Gasteiger partial charge in [0, 0.05) is 51.7 Å². The average molecular weight is 499 g/mol. The second kappa shape index (κ2) is 10.2. The van der Waals surface area contributed by atoms with Gasteiger partial charge < -0.3 is 32.0 Å². The van der Waals surface area contributed by atoms with E-state index in [-0.39, 0.29) is 42.6 Å². The zero-order valence-corrected chi connectivity index (χ0v) is 19.8. The second-order valence-electron chi connectivity index (χ2n) is 8.57. The maximum atomic E-state index is 12.3. The van der Waals surface area contributed by atoms with E-state index < -0.39 is 5.97 Å². The molecule has 10 N–H and O–H groups in total. The van der Waals surface area contributed by atoms with Crippen LogP contribution in [0.5, 0.6) is 5.75 Å². The highest BCUT2D eigenvalue weighted by Crippen LogP contribution is 2.43. The molecule has 0 saturated heterocycles. The summed E-state index contributed by atoms with van der Waals surface area (Å²) < 4.78 is 0. The van der Waals surface area contributed by atoms with Crippen LogP contribution in [0.15, 0.2) is 60.7 Å². The summed E-state index contributed by atoms with van der Waals surface area (Å²) in [5.41, 5.74) is 16.1. The standard InChI is InChI=1S/C27H26N6O4/c28-26(29)15-6-4-14(5-7-15)25-24(18-10-8-16(27(30)31)12-20(18)33-25)19-13-17(9-11-21(19)34)32-22(35)2-1-3-23(36)37/h4-13,33-34H,1-3H2,(H3,28,29)(H3,30,31)(H,32,35)(H,36,37). The first kappa shape index (κ1) is 25.0. The third kappa shape index (κ3) is 5.43. The molecule has 0 saturated carbocycles. The molecular weight excluding hydrogens is 472 g/mol. The second-order valence-corrected chi connectivity index (χ2v) is 8.57. The predicted octanol–water partition coefficient (Wildman–Crippen LogP) is 3.97. The molecular formula is C27H26N6O4. The van der Waals surface area contributed by atoms with Crippen LogP contribution in [-0.4, -0.2) is 38.7 Å². The summed E-state index contributed by atoms with van der Waals surface area (Å²) in [5, 5.41) is 38.6. The Hall–Kier alpha value is -5.12. The quantitative estimate of drug-likeness (QED) is 0.0973. The summed E-state index contributed by atoms with van der Waals surface area (Å²) in [5.74, 6) is -1.44. The number of benzene rings is 3. The van der Waals surface area contributed by atoms with Crippen LogP contribution in [0.4, 0.5) is 5.69 Å². The van der Waals surface area contributed by atoms with E-state index >= 15 is 0 Å². The van der Waals surface area contributed by atoms with Crippen molar-refractivity contribution in [2.75, 3.05) is 5.32 Å². The molecule has 0 atom stereocenters. The summed E-state index contributed by atoms with van der Waals surface area (Å²) in [6.45, 7) is 0. The van der Waals surface area contributed by atoms with E-state index in [0.717, 1.165) is 10.9 Å². The minimum absolute atomic E-state index is 0.0120. The maximum absolute atomic E-state index is 12.3. The number of anilines is 1. The molecule has 10 nitrogen and oxygen atoms in total. The van der Waals surface area contributed by atoms with Crippen LogP contribution >= 0.6 is 0 Å². The van der Waals surface area contributed by atoms with E-state index in [0.29, 0.717) is 39.2 Å². The number of aliphatic carboxylic acids is 1. The summed E-state index contributed by atoms with van der Waals surface area (Å²) in [4.78, 5) is 26.4. The molecule has 0 aliphatic carbocycles. The van der Waals surface area contributed by atoms with Gasteiger partial charge in [-0.2, -0.15) is 0 Å². The molecule has 4 rings (SSSR count). The van der Waals surface area contributed by atoms with Crippen molar-refractivity contribution in [1.29, 1.82) is 10.8 Å². The Morgan fingerprint density at radius 1 is 0.892 bits per heavy atom. The molecule has 0 aliphatic rings. The number of nitrogens with two attached hydrogens (primary N) is 2. The number of rotatable bonds is 9. The molecule has 1 amide bonds. The molecule has 1 heterocycles. The van der Waals surface area contributed by atoms with E-state index in [1.54, 1.807) is 36.4 Å². The van der Waals surface area contributed by atoms with E-state index in [4.69, 9.17) is 27.4 Å². The molecule has 10 heteroatoms. The first-order valence-corrected chi connectivity index (χ1v) is 11.4. The Morgan fingerprint density at radius 2 is 1.57 bits per heavy atom. The number of nitrogen functional groups attached to an aromatic ring is 2. The van der Waals surface area contributed by atoms with Gasteiger partial charge in [-0.25, -0.2) is 0 Å². The summed E-state index contributed by atoms with van der Waals surface area (Å²) in [6.07, 6.45) is 0.169. The van der Waals surface area contributed by atoms with E-state index in [1.165, 1.54) is 6.07 Å². The first-order valence-electron chi connectivity index (χ1n) is 11.4. The number of aromatic hydroxyl groups is 1. The number of phenolic OH excluding ortho intramolecular Hbond substituents is 1. The molecule has 0 aliphatic heterocycles. The van der Waals surface area contributed by atoms with Gasteiger partial charge in [-0.3, -0.25) is 20.4 Å². The number of amidine groups is 2. The lowest BCUT2D eigenvalue weighted by molar-refractivity contribution is -0.137. The number of aromatic amines is 1. The highest BCUT2D eigenvalue weighted by atomic mass is 16.4. The van der Waals surface area contributed by atoms with Crippen molar-refractivity contribution in [3.63, 3.8) is 0 Å². The van der Waals surface area contributed by atoms with Crippen LogP contribution < -0.4 is 16.8 Å². The molecule has 4 aromatic rings. The Kier molecular flexibility index (Phi) is 6.92. The minimum atomic E-state index is -0.962. The lowest BCUT2D eigenvalue weighted by Crippen LogP contribution is -2.11. The lowest BCUT2D eigenvalue weighted by Gasteiger charge is -2.12. The van der Waals surface area contributed by atoms with Gasteiger partial charge in [-0.1, -0.05) is 36.4 Å². The van der Waals surface area contributed by atoms with Crippen molar-refractivity contribution in [3.05, 3.63) is 71.8 Å². The molecule has 0 unspecified atom stereocenters.